The molecule has 1 aliphatic rings. The topological polar surface area (TPSA) is 44.7 Å². The molecule has 154 valence electrons. The Balaban J connectivity index is 1.73. The van der Waals surface area contributed by atoms with Crippen LogP contribution >= 0.6 is 0 Å². The smallest absolute Gasteiger partial charge is 0.369 e. The molecule has 7 heteroatoms. The van der Waals surface area contributed by atoms with E-state index in [1.807, 2.05) is 18.2 Å². The number of nitrogens with zero attached hydrogens (tertiary/aromatic N) is 2. The molecule has 0 saturated carbocycles. The molecule has 29 heavy (non-hydrogen) atoms. The number of hydrogen-bond donors (Lipinski definition) is 1. The third-order valence-corrected chi connectivity index (χ3v) is 5.49. The Morgan fingerprint density at radius 2 is 1.97 bits per heavy atom. The lowest BCUT2D eigenvalue weighted by atomic mass is 9.80. The van der Waals surface area contributed by atoms with E-state index in [1.54, 1.807) is 0 Å². The predicted octanol–water partition coefficient (Wildman–Crippen LogP) is 5.19. The highest BCUT2D eigenvalue weighted by molar-refractivity contribution is 5.95. The van der Waals surface area contributed by atoms with Gasteiger partial charge in [0, 0.05) is 23.8 Å². The molecule has 2 aromatic rings. The monoisotopic (exact) mass is 403 g/mol. The molecule has 1 atom stereocenters. The second-order valence-electron chi connectivity index (χ2n) is 8.07. The number of amides is 1. The van der Waals surface area contributed by atoms with Crippen molar-refractivity contribution in [3.63, 3.8) is 0 Å². The van der Waals surface area contributed by atoms with Crippen LogP contribution in [0.5, 0.6) is 0 Å². The van der Waals surface area contributed by atoms with Crippen LogP contribution < -0.4 is 10.3 Å². The molecule has 0 spiro atoms. The van der Waals surface area contributed by atoms with Crippen LogP contribution in [0.4, 0.5) is 18.9 Å². The number of alkyl halides is 3. The van der Waals surface area contributed by atoms with Crippen LogP contribution in [0, 0.1) is 0 Å². The molecule has 1 amide bonds. The highest BCUT2D eigenvalue weighted by Crippen LogP contribution is 2.42. The fraction of sp³-hybridized carbons (Fsp3) is 0.364. The van der Waals surface area contributed by atoms with E-state index >= 15 is 0 Å². The summed E-state index contributed by atoms with van der Waals surface area (Å²) in [7, 11) is 2.08. The Morgan fingerprint density at radius 1 is 1.24 bits per heavy atom. The number of benzene rings is 2. The first-order valence-corrected chi connectivity index (χ1v) is 9.37. The third kappa shape index (κ3) is 4.44. The van der Waals surface area contributed by atoms with E-state index in [1.165, 1.54) is 29.6 Å². The van der Waals surface area contributed by atoms with Crippen molar-refractivity contribution in [3.8, 4) is 0 Å². The summed E-state index contributed by atoms with van der Waals surface area (Å²) in [5.41, 5.74) is 4.58. The Hall–Kier alpha value is -2.83. The summed E-state index contributed by atoms with van der Waals surface area (Å²) < 4.78 is 38.4. The first-order valence-electron chi connectivity index (χ1n) is 9.37. The zero-order chi connectivity index (χ0) is 21.4. The molecule has 0 unspecified atom stereocenters. The van der Waals surface area contributed by atoms with Crippen molar-refractivity contribution in [2.75, 3.05) is 11.9 Å². The predicted molar refractivity (Wildman–Crippen MR) is 108 cm³/mol. The van der Waals surface area contributed by atoms with E-state index in [4.69, 9.17) is 0 Å². The molecule has 1 N–H and O–H groups in total. The molecule has 0 radical (unpaired) electrons. The number of nitrogens with one attached hydrogen (secondary N) is 1. The van der Waals surface area contributed by atoms with Crippen LogP contribution in [0.2, 0.25) is 0 Å². The SMILES string of the molecule is C[C@H]1CC(C)(C)N(C)c2ccc(/C=N\NC(=O)c3cccc(C(F)(F)F)c3)cc21. The number of carbonyl (C=O) groups is 1. The van der Waals surface area contributed by atoms with Gasteiger partial charge in [-0.3, -0.25) is 4.79 Å². The van der Waals surface area contributed by atoms with Gasteiger partial charge in [-0.1, -0.05) is 19.1 Å². The molecule has 0 fully saturated rings. The summed E-state index contributed by atoms with van der Waals surface area (Å²) in [4.78, 5) is 14.4. The molecule has 3 rings (SSSR count). The molecular weight excluding hydrogens is 379 g/mol. The Bertz CT molecular complexity index is 951. The van der Waals surface area contributed by atoms with Gasteiger partial charge in [0.2, 0.25) is 0 Å². The maximum absolute atomic E-state index is 12.8. The van der Waals surface area contributed by atoms with Gasteiger partial charge in [-0.15, -0.1) is 0 Å². The lowest BCUT2D eigenvalue weighted by molar-refractivity contribution is -0.137. The maximum Gasteiger partial charge on any atom is 0.416 e. The second kappa shape index (κ2) is 7.54. The van der Waals surface area contributed by atoms with Gasteiger partial charge in [-0.05, 0) is 67.6 Å². The summed E-state index contributed by atoms with van der Waals surface area (Å²) in [6.45, 7) is 6.61. The van der Waals surface area contributed by atoms with Crippen LogP contribution in [0.1, 0.15) is 60.2 Å². The lowest BCUT2D eigenvalue weighted by Crippen LogP contribution is -2.45. The lowest BCUT2D eigenvalue weighted by Gasteiger charge is -2.45. The van der Waals surface area contributed by atoms with E-state index in [-0.39, 0.29) is 11.1 Å². The number of anilines is 1. The van der Waals surface area contributed by atoms with E-state index in [9.17, 15) is 18.0 Å². The Morgan fingerprint density at radius 3 is 2.66 bits per heavy atom. The van der Waals surface area contributed by atoms with Gasteiger partial charge in [0.1, 0.15) is 0 Å². The van der Waals surface area contributed by atoms with Gasteiger partial charge in [-0.2, -0.15) is 18.3 Å². The molecule has 1 aliphatic heterocycles. The maximum atomic E-state index is 12.8. The molecular formula is C22H24F3N3O. The van der Waals surface area contributed by atoms with Crippen molar-refractivity contribution in [2.24, 2.45) is 5.10 Å². The average Bonchev–Trinajstić information content (AvgIpc) is 2.65. The summed E-state index contributed by atoms with van der Waals surface area (Å²) >= 11 is 0. The van der Waals surface area contributed by atoms with E-state index in [0.29, 0.717) is 5.92 Å². The highest BCUT2D eigenvalue weighted by Gasteiger charge is 2.34. The van der Waals surface area contributed by atoms with E-state index in [0.717, 1.165) is 24.1 Å². The van der Waals surface area contributed by atoms with Crippen molar-refractivity contribution in [1.82, 2.24) is 5.43 Å². The van der Waals surface area contributed by atoms with Crippen LogP contribution in [0.3, 0.4) is 0 Å². The zero-order valence-electron chi connectivity index (χ0n) is 16.8. The quantitative estimate of drug-likeness (QED) is 0.566. The summed E-state index contributed by atoms with van der Waals surface area (Å²) in [6.07, 6.45) is -1.98. The van der Waals surface area contributed by atoms with Crippen molar-refractivity contribution in [2.45, 2.75) is 44.8 Å². The largest absolute Gasteiger partial charge is 0.416 e. The molecule has 0 aliphatic carbocycles. The number of rotatable bonds is 3. The Kier molecular flexibility index (Phi) is 5.43. The Labute approximate surface area is 168 Å². The summed E-state index contributed by atoms with van der Waals surface area (Å²) in [5, 5.41) is 3.91. The summed E-state index contributed by atoms with van der Waals surface area (Å²) in [6, 6.07) is 10.2. The molecule has 0 bridgehead atoms. The van der Waals surface area contributed by atoms with Crippen molar-refractivity contribution in [3.05, 3.63) is 64.7 Å². The van der Waals surface area contributed by atoms with Gasteiger partial charge in [0.15, 0.2) is 0 Å². The van der Waals surface area contributed by atoms with Crippen molar-refractivity contribution >= 4 is 17.8 Å². The molecule has 0 saturated heterocycles. The molecule has 4 nitrogen and oxygen atoms in total. The van der Waals surface area contributed by atoms with Crippen molar-refractivity contribution in [1.29, 1.82) is 0 Å². The van der Waals surface area contributed by atoms with Crippen LogP contribution in [-0.2, 0) is 6.18 Å². The van der Waals surface area contributed by atoms with Crippen LogP contribution in [0.15, 0.2) is 47.6 Å². The first kappa shape index (κ1) is 20.9. The van der Waals surface area contributed by atoms with E-state index < -0.39 is 17.6 Å². The van der Waals surface area contributed by atoms with Gasteiger partial charge in [0.25, 0.3) is 5.91 Å². The molecule has 0 aromatic heterocycles. The summed E-state index contributed by atoms with van der Waals surface area (Å²) in [5.74, 6) is -0.315. The van der Waals surface area contributed by atoms with E-state index in [2.05, 4.69) is 43.2 Å². The minimum atomic E-state index is -4.50. The number of hydrazone groups is 1. The zero-order valence-corrected chi connectivity index (χ0v) is 16.8. The van der Waals surface area contributed by atoms with Crippen LogP contribution in [0.25, 0.3) is 0 Å². The molecule has 1 heterocycles. The van der Waals surface area contributed by atoms with Gasteiger partial charge < -0.3 is 4.90 Å². The second-order valence-corrected chi connectivity index (χ2v) is 8.07. The van der Waals surface area contributed by atoms with Gasteiger partial charge >= 0.3 is 6.18 Å². The number of hydrogen-bond acceptors (Lipinski definition) is 3. The number of fused-ring (bicyclic) bond motifs is 1. The average molecular weight is 403 g/mol. The van der Waals surface area contributed by atoms with Gasteiger partial charge in [-0.25, -0.2) is 5.43 Å². The minimum absolute atomic E-state index is 0.0704. The first-order chi connectivity index (χ1) is 13.5. The number of carbonyl (C=O) groups excluding carboxylic acids is 1. The van der Waals surface area contributed by atoms with Crippen molar-refractivity contribution < 1.29 is 18.0 Å². The van der Waals surface area contributed by atoms with Gasteiger partial charge in [0.05, 0.1) is 11.8 Å². The highest BCUT2D eigenvalue weighted by atomic mass is 19.4. The number of halogens is 3. The fourth-order valence-corrected chi connectivity index (χ4v) is 3.74. The molecule has 2 aromatic carbocycles. The fourth-order valence-electron chi connectivity index (χ4n) is 3.74. The minimum Gasteiger partial charge on any atom is -0.369 e. The van der Waals surface area contributed by atoms with Crippen LogP contribution in [-0.4, -0.2) is 24.7 Å². The normalized spacial score (nSPS) is 18.6. The third-order valence-electron chi connectivity index (χ3n) is 5.49. The standard InChI is InChI=1S/C22H24F3N3O/c1-14-12-21(2,3)28(4)19-9-8-15(10-18(14)19)13-26-27-20(29)16-6-5-7-17(11-16)22(23,24)25/h5-11,13-14H,12H2,1-4H3,(H,27,29)/b26-13-/t14-/m0/s1.